The number of hydrogen-bond donors (Lipinski definition) is 2. The molecule has 0 saturated carbocycles. The predicted molar refractivity (Wildman–Crippen MR) is 114 cm³/mol. The summed E-state index contributed by atoms with van der Waals surface area (Å²) >= 11 is 0. The van der Waals surface area contributed by atoms with E-state index >= 15 is 0 Å². The molecule has 0 aromatic heterocycles. The molecule has 1 unspecified atom stereocenters. The Kier molecular flexibility index (Phi) is 12.7. The first-order chi connectivity index (χ1) is 11.0. The van der Waals surface area contributed by atoms with Crippen LogP contribution in [0.15, 0.2) is 29.3 Å². The lowest BCUT2D eigenvalue weighted by molar-refractivity contribution is 0.230. The van der Waals surface area contributed by atoms with Crippen LogP contribution in [0.4, 0.5) is 0 Å². The van der Waals surface area contributed by atoms with Gasteiger partial charge in [-0.2, -0.15) is 0 Å². The summed E-state index contributed by atoms with van der Waals surface area (Å²) in [6.45, 7) is 12.7. The van der Waals surface area contributed by atoms with Crippen LogP contribution in [0.25, 0.3) is 0 Å². The van der Waals surface area contributed by atoms with Crippen LogP contribution < -0.4 is 15.4 Å². The molecule has 1 aromatic carbocycles. The molecule has 0 radical (unpaired) electrons. The number of guanidine groups is 1. The van der Waals surface area contributed by atoms with Gasteiger partial charge in [0.2, 0.25) is 0 Å². The summed E-state index contributed by atoms with van der Waals surface area (Å²) < 4.78 is 5.91. The van der Waals surface area contributed by atoms with Gasteiger partial charge >= 0.3 is 0 Å². The van der Waals surface area contributed by atoms with Gasteiger partial charge in [-0.3, -0.25) is 0 Å². The van der Waals surface area contributed by atoms with Gasteiger partial charge in [0, 0.05) is 19.6 Å². The zero-order valence-corrected chi connectivity index (χ0v) is 18.0. The molecule has 24 heavy (non-hydrogen) atoms. The molecule has 0 bridgehead atoms. The average Bonchev–Trinajstić information content (AvgIpc) is 2.52. The number of halogens is 1. The second-order valence-corrected chi connectivity index (χ2v) is 5.79. The minimum absolute atomic E-state index is 0. The Balaban J connectivity index is 0.00000529. The fraction of sp³-hybridized carbons (Fsp3) is 0.611. The van der Waals surface area contributed by atoms with E-state index in [9.17, 15) is 0 Å². The van der Waals surface area contributed by atoms with Gasteiger partial charge in [0.05, 0.1) is 6.54 Å². The zero-order valence-electron chi connectivity index (χ0n) is 15.6. The van der Waals surface area contributed by atoms with Crippen molar-refractivity contribution in [3.63, 3.8) is 0 Å². The number of nitrogens with zero attached hydrogens (tertiary/aromatic N) is 2. The van der Waals surface area contributed by atoms with Crippen molar-refractivity contribution < 1.29 is 4.74 Å². The Labute approximate surface area is 164 Å². The number of aryl methyl sites for hydroxylation is 1. The van der Waals surface area contributed by atoms with Gasteiger partial charge in [-0.25, -0.2) is 4.99 Å². The molecule has 0 heterocycles. The molecular formula is C18H33IN4O. The highest BCUT2D eigenvalue weighted by molar-refractivity contribution is 14.0. The summed E-state index contributed by atoms with van der Waals surface area (Å²) in [6, 6.07) is 8.11. The van der Waals surface area contributed by atoms with Crippen molar-refractivity contribution in [1.29, 1.82) is 0 Å². The Morgan fingerprint density at radius 2 is 2.04 bits per heavy atom. The minimum Gasteiger partial charge on any atom is -0.489 e. The molecule has 0 fully saturated rings. The summed E-state index contributed by atoms with van der Waals surface area (Å²) in [7, 11) is 2.11. The highest BCUT2D eigenvalue weighted by Gasteiger charge is 2.05. The number of rotatable bonds is 9. The molecular weight excluding hydrogens is 415 g/mol. The van der Waals surface area contributed by atoms with Crippen LogP contribution in [0.5, 0.6) is 5.75 Å². The van der Waals surface area contributed by atoms with E-state index in [-0.39, 0.29) is 30.1 Å². The van der Waals surface area contributed by atoms with Gasteiger partial charge in [0.1, 0.15) is 11.9 Å². The van der Waals surface area contributed by atoms with Crippen molar-refractivity contribution in [2.24, 2.45) is 4.99 Å². The van der Waals surface area contributed by atoms with Crippen LogP contribution in [0.3, 0.4) is 0 Å². The maximum absolute atomic E-state index is 5.91. The third kappa shape index (κ3) is 9.97. The van der Waals surface area contributed by atoms with Crippen LogP contribution in [-0.2, 0) is 0 Å². The smallest absolute Gasteiger partial charge is 0.191 e. The van der Waals surface area contributed by atoms with Crippen molar-refractivity contribution >= 4 is 29.9 Å². The van der Waals surface area contributed by atoms with E-state index in [1.807, 2.05) is 25.1 Å². The summed E-state index contributed by atoms with van der Waals surface area (Å²) in [5, 5.41) is 6.62. The maximum atomic E-state index is 5.91. The Morgan fingerprint density at radius 3 is 2.67 bits per heavy atom. The van der Waals surface area contributed by atoms with Crippen molar-refractivity contribution in [1.82, 2.24) is 15.5 Å². The van der Waals surface area contributed by atoms with Crippen LogP contribution in [0.2, 0.25) is 0 Å². The molecule has 1 rings (SSSR count). The third-order valence-electron chi connectivity index (χ3n) is 3.50. The Morgan fingerprint density at radius 1 is 1.29 bits per heavy atom. The molecule has 138 valence electrons. The number of benzene rings is 1. The molecule has 1 aromatic rings. The average molecular weight is 448 g/mol. The second kappa shape index (κ2) is 13.3. The van der Waals surface area contributed by atoms with Gasteiger partial charge in [-0.1, -0.05) is 19.1 Å². The van der Waals surface area contributed by atoms with Gasteiger partial charge in [-0.05, 0) is 52.1 Å². The van der Waals surface area contributed by atoms with Gasteiger partial charge < -0.3 is 20.3 Å². The molecule has 0 amide bonds. The number of ether oxygens (including phenoxy) is 1. The van der Waals surface area contributed by atoms with Crippen LogP contribution >= 0.6 is 24.0 Å². The van der Waals surface area contributed by atoms with E-state index < -0.39 is 0 Å². The topological polar surface area (TPSA) is 48.9 Å². The lowest BCUT2D eigenvalue weighted by Crippen LogP contribution is -2.41. The molecule has 0 spiro atoms. The molecule has 0 aliphatic heterocycles. The van der Waals surface area contributed by atoms with E-state index in [4.69, 9.17) is 4.74 Å². The summed E-state index contributed by atoms with van der Waals surface area (Å²) in [5.41, 5.74) is 1.20. The fourth-order valence-electron chi connectivity index (χ4n) is 2.04. The minimum atomic E-state index is 0. The van der Waals surface area contributed by atoms with Crippen LogP contribution in [0.1, 0.15) is 26.3 Å². The Hall–Kier alpha value is -1.02. The summed E-state index contributed by atoms with van der Waals surface area (Å²) in [5.74, 6) is 1.74. The highest BCUT2D eigenvalue weighted by atomic mass is 127. The number of likely N-dealkylation sites (N-methyl/N-ethyl adjacent to an activating group) is 1. The number of aliphatic imine (C=N–C) groups is 1. The first-order valence-corrected chi connectivity index (χ1v) is 8.49. The van der Waals surface area contributed by atoms with Crippen LogP contribution in [0, 0.1) is 6.92 Å². The van der Waals surface area contributed by atoms with E-state index in [0.717, 1.165) is 37.9 Å². The fourth-order valence-corrected chi connectivity index (χ4v) is 2.04. The summed E-state index contributed by atoms with van der Waals surface area (Å²) in [6.07, 6.45) is 0.0329. The molecule has 1 atom stereocenters. The van der Waals surface area contributed by atoms with Crippen molar-refractivity contribution in [2.45, 2.75) is 33.8 Å². The second-order valence-electron chi connectivity index (χ2n) is 5.79. The predicted octanol–water partition coefficient (Wildman–Crippen LogP) is 2.89. The standard InChI is InChI=1S/C18H32N4O.HI/c1-6-19-18(20-11-12-22(5)7-2)21-14-16(4)23-17-10-8-9-15(3)13-17;/h8-10,13,16H,6-7,11-12,14H2,1-5H3,(H2,19,20,21);1H. The van der Waals surface area contributed by atoms with Crippen LogP contribution in [-0.4, -0.2) is 56.7 Å². The molecule has 5 nitrogen and oxygen atoms in total. The van der Waals surface area contributed by atoms with Gasteiger partial charge in [-0.15, -0.1) is 24.0 Å². The molecule has 6 heteroatoms. The molecule has 2 N–H and O–H groups in total. The number of nitrogens with one attached hydrogen (secondary N) is 2. The first kappa shape index (κ1) is 23.0. The number of hydrogen-bond acceptors (Lipinski definition) is 3. The Bertz CT molecular complexity index is 482. The van der Waals surface area contributed by atoms with Crippen molar-refractivity contribution in [3.8, 4) is 5.75 Å². The van der Waals surface area contributed by atoms with Crippen molar-refractivity contribution in [2.75, 3.05) is 39.8 Å². The molecule has 0 saturated heterocycles. The van der Waals surface area contributed by atoms with E-state index in [1.54, 1.807) is 0 Å². The zero-order chi connectivity index (χ0) is 17.1. The van der Waals surface area contributed by atoms with Gasteiger partial charge in [0.25, 0.3) is 0 Å². The van der Waals surface area contributed by atoms with Gasteiger partial charge in [0.15, 0.2) is 5.96 Å². The highest BCUT2D eigenvalue weighted by Crippen LogP contribution is 2.14. The lowest BCUT2D eigenvalue weighted by atomic mass is 10.2. The third-order valence-corrected chi connectivity index (χ3v) is 3.50. The van der Waals surface area contributed by atoms with Crippen molar-refractivity contribution in [3.05, 3.63) is 29.8 Å². The normalized spacial score (nSPS) is 12.5. The molecule has 0 aliphatic rings. The molecule has 0 aliphatic carbocycles. The largest absolute Gasteiger partial charge is 0.489 e. The monoisotopic (exact) mass is 448 g/mol. The first-order valence-electron chi connectivity index (χ1n) is 8.49. The maximum Gasteiger partial charge on any atom is 0.191 e. The SMILES string of the molecule is CCNC(=NCC(C)Oc1cccc(C)c1)NCCN(C)CC.I. The van der Waals surface area contributed by atoms with E-state index in [1.165, 1.54) is 5.56 Å². The van der Waals surface area contributed by atoms with E-state index in [0.29, 0.717) is 6.54 Å². The lowest BCUT2D eigenvalue weighted by Gasteiger charge is -2.17. The van der Waals surface area contributed by atoms with E-state index in [2.05, 4.69) is 54.4 Å². The quantitative estimate of drug-likeness (QED) is 0.347. The summed E-state index contributed by atoms with van der Waals surface area (Å²) in [4.78, 5) is 6.87.